The zero-order valence-electron chi connectivity index (χ0n) is 42.4. The Labute approximate surface area is 456 Å². The lowest BCUT2D eigenvalue weighted by Gasteiger charge is -2.29. The molecule has 21 nitrogen and oxygen atoms in total. The fourth-order valence-corrected chi connectivity index (χ4v) is 8.66. The van der Waals surface area contributed by atoms with Crippen LogP contribution in [0.4, 0.5) is 0 Å². The number of phenolic OH excluding ortho intramolecular Hbond substituents is 1. The Bertz CT molecular complexity index is 2770. The number of nitrogens with two attached hydrogens (primary N) is 2. The van der Waals surface area contributed by atoms with Crippen molar-refractivity contribution in [3.8, 4) is 5.75 Å². The number of carbonyl (C=O) groups is 8. The minimum atomic E-state index is -1.71. The van der Waals surface area contributed by atoms with E-state index in [1.54, 1.807) is 85.1 Å². The first-order valence-corrected chi connectivity index (χ1v) is 26.3. The molecule has 23 heteroatoms. The van der Waals surface area contributed by atoms with Crippen LogP contribution in [0.5, 0.6) is 5.75 Å². The van der Waals surface area contributed by atoms with Crippen molar-refractivity contribution in [3.05, 3.63) is 138 Å². The van der Waals surface area contributed by atoms with Gasteiger partial charge in [0.05, 0.1) is 12.1 Å². The molecule has 7 amide bonds. The molecule has 0 aliphatic heterocycles. The minimum Gasteiger partial charge on any atom is -0.508 e. The first-order chi connectivity index (χ1) is 36.9. The number of aliphatic hydroxyl groups excluding tert-OH is 1. The topological polar surface area (TPSA) is 349 Å². The molecule has 0 spiro atoms. The van der Waals surface area contributed by atoms with E-state index in [1.165, 1.54) is 19.1 Å². The Morgan fingerprint density at radius 1 is 0.532 bits per heavy atom. The van der Waals surface area contributed by atoms with Gasteiger partial charge in [-0.2, -0.15) is 25.3 Å². The highest BCUT2D eigenvalue weighted by molar-refractivity contribution is 7.80. The number of thiol groups is 2. The standard InChI is InChI=1S/C54H68N10O11S2/c1-31(65)46(53(73)62-43(25-33-14-6-3-7-15-33)51(71)63-45(30-77)54(74)75)64-48(68)40(18-10-11-23-55)58-52(72)44(27-35-28-57-39-17-9-8-16-37(35)39)61-50(70)42(26-34-19-21-36(66)22-20-34)60-49(69)41(59-47(67)38(56)29-76)24-32-12-4-2-5-13-32/h2-9,12-17,19-22,28,31,38,40-46,57,65-66,76-77H,10-11,18,23-27,29-30,55-56H2,1H3,(H,58,72)(H,59,67)(H,60,69)(H,61,70)(H,62,73)(H,63,71)(H,64,68)(H,74,75)/t31-,38+,40+,41+,42+,43+,44+,45+,46+/m1/s1. The van der Waals surface area contributed by atoms with Gasteiger partial charge in [-0.25, -0.2) is 4.79 Å². The predicted octanol–water partition coefficient (Wildman–Crippen LogP) is 0.319. The number of aromatic amines is 1. The average Bonchev–Trinajstić information content (AvgIpc) is 3.83. The van der Waals surface area contributed by atoms with Gasteiger partial charge in [0, 0.05) is 54.3 Å². The van der Waals surface area contributed by atoms with Crippen molar-refractivity contribution < 1.29 is 53.7 Å². The number of aromatic nitrogens is 1. The fraction of sp³-hybridized carbons (Fsp3) is 0.370. The van der Waals surface area contributed by atoms with E-state index >= 15 is 0 Å². The Morgan fingerprint density at radius 3 is 1.47 bits per heavy atom. The molecule has 0 fully saturated rings. The van der Waals surface area contributed by atoms with E-state index in [-0.39, 0.29) is 55.9 Å². The van der Waals surface area contributed by atoms with Crippen LogP contribution in [0.15, 0.2) is 115 Å². The van der Waals surface area contributed by atoms with Crippen LogP contribution in [0.2, 0.25) is 0 Å². The second kappa shape index (κ2) is 30.3. The van der Waals surface area contributed by atoms with Gasteiger partial charge in [-0.05, 0) is 73.2 Å². The van der Waals surface area contributed by atoms with Crippen molar-refractivity contribution in [3.63, 3.8) is 0 Å². The number of hydrogen-bond donors (Lipinski definition) is 15. The average molecular weight is 1100 g/mol. The Kier molecular flexibility index (Phi) is 23.8. The molecule has 1 heterocycles. The molecule has 9 atom stereocenters. The molecular formula is C54H68N10O11S2. The number of nitrogens with one attached hydrogen (secondary N) is 8. The third-order valence-electron chi connectivity index (χ3n) is 12.5. The number of aliphatic carboxylic acids is 1. The number of H-pyrrole nitrogens is 1. The number of fused-ring (bicyclic) bond motifs is 1. The summed E-state index contributed by atoms with van der Waals surface area (Å²) in [4.78, 5) is 114. The molecule has 0 unspecified atom stereocenters. The van der Waals surface area contributed by atoms with Crippen molar-refractivity contribution in [1.29, 1.82) is 0 Å². The largest absolute Gasteiger partial charge is 0.508 e. The van der Waals surface area contributed by atoms with Gasteiger partial charge in [0.1, 0.15) is 48.0 Å². The first kappa shape index (κ1) is 60.4. The number of amides is 7. The summed E-state index contributed by atoms with van der Waals surface area (Å²) < 4.78 is 0. The maximum atomic E-state index is 14.8. The number of unbranched alkanes of at least 4 members (excludes halogenated alkanes) is 1. The van der Waals surface area contributed by atoms with Crippen molar-refractivity contribution >= 4 is 83.5 Å². The van der Waals surface area contributed by atoms with Crippen molar-refractivity contribution in [2.75, 3.05) is 18.1 Å². The Balaban J connectivity index is 1.45. The van der Waals surface area contributed by atoms with Crippen LogP contribution in [0.25, 0.3) is 10.9 Å². The molecule has 0 aliphatic rings. The monoisotopic (exact) mass is 1100 g/mol. The molecule has 0 saturated carbocycles. The van der Waals surface area contributed by atoms with Gasteiger partial charge in [0.25, 0.3) is 0 Å². The molecule has 5 aromatic rings. The molecule has 4 aromatic carbocycles. The van der Waals surface area contributed by atoms with Crippen molar-refractivity contribution in [2.24, 2.45) is 11.5 Å². The lowest BCUT2D eigenvalue weighted by atomic mass is 10.00. The molecule has 0 radical (unpaired) electrons. The predicted molar refractivity (Wildman–Crippen MR) is 296 cm³/mol. The molecule has 1 aromatic heterocycles. The minimum absolute atomic E-state index is 0.00919. The van der Waals surface area contributed by atoms with Crippen LogP contribution in [0, 0.1) is 0 Å². The number of carboxylic acids is 1. The van der Waals surface area contributed by atoms with Gasteiger partial charge in [0.2, 0.25) is 41.4 Å². The zero-order valence-corrected chi connectivity index (χ0v) is 44.2. The summed E-state index contributed by atoms with van der Waals surface area (Å²) in [5.41, 5.74) is 14.9. The third-order valence-corrected chi connectivity index (χ3v) is 13.3. The smallest absolute Gasteiger partial charge is 0.327 e. The Morgan fingerprint density at radius 2 is 0.974 bits per heavy atom. The summed E-state index contributed by atoms with van der Waals surface area (Å²) in [5, 5.41) is 49.7. The molecule has 77 heavy (non-hydrogen) atoms. The van der Waals surface area contributed by atoms with Crippen LogP contribution in [-0.2, 0) is 64.0 Å². The highest BCUT2D eigenvalue weighted by atomic mass is 32.1. The quantitative estimate of drug-likeness (QED) is 0.0218. The number of hydrogen-bond acceptors (Lipinski definition) is 14. The normalized spacial score (nSPS) is 14.7. The number of rotatable bonds is 30. The molecule has 0 aliphatic carbocycles. The number of phenols is 1. The fourth-order valence-electron chi connectivity index (χ4n) is 8.24. The van der Waals surface area contributed by atoms with Crippen molar-refractivity contribution in [1.82, 2.24) is 42.2 Å². The number of aromatic hydroxyl groups is 1. The van der Waals surface area contributed by atoms with Crippen LogP contribution in [0.1, 0.15) is 48.4 Å². The van der Waals surface area contributed by atoms with E-state index in [0.29, 0.717) is 35.1 Å². The van der Waals surface area contributed by atoms with Crippen LogP contribution < -0.4 is 48.7 Å². The number of carbonyl (C=O) groups excluding carboxylic acids is 7. The Hall–Kier alpha value is -7.44. The summed E-state index contributed by atoms with van der Waals surface area (Å²) in [5.74, 6) is -7.59. The number of benzene rings is 4. The van der Waals surface area contributed by atoms with E-state index in [9.17, 15) is 53.7 Å². The second-order valence-corrected chi connectivity index (χ2v) is 19.2. The number of para-hydroxylation sites is 1. The summed E-state index contributed by atoms with van der Waals surface area (Å²) in [6.45, 7) is 1.46. The van der Waals surface area contributed by atoms with Gasteiger partial charge in [-0.15, -0.1) is 0 Å². The van der Waals surface area contributed by atoms with E-state index in [2.05, 4.69) is 67.5 Å². The highest BCUT2D eigenvalue weighted by Crippen LogP contribution is 2.20. The maximum Gasteiger partial charge on any atom is 0.327 e. The molecule has 0 bridgehead atoms. The van der Waals surface area contributed by atoms with Gasteiger partial charge < -0.3 is 69.0 Å². The SMILES string of the molecule is C[C@@H](O)[C@H](NC(=O)[C@H](CCCCN)NC(=O)[C@H](Cc1c[nH]c2ccccc12)NC(=O)[C@H](Cc1ccc(O)cc1)NC(=O)[C@H](Cc1ccccc1)NC(=O)[C@@H](N)CS)C(=O)N[C@@H](Cc1ccccc1)C(=O)N[C@@H](CS)C(=O)O. The van der Waals surface area contributed by atoms with Gasteiger partial charge in [-0.3, -0.25) is 33.6 Å². The number of aliphatic hydroxyl groups is 1. The van der Waals surface area contributed by atoms with Crippen LogP contribution >= 0.6 is 25.3 Å². The molecule has 0 saturated heterocycles. The van der Waals surface area contributed by atoms with Gasteiger partial charge >= 0.3 is 5.97 Å². The van der Waals surface area contributed by atoms with Crippen LogP contribution in [-0.4, -0.2) is 140 Å². The van der Waals surface area contributed by atoms with Crippen molar-refractivity contribution in [2.45, 2.75) is 106 Å². The summed E-state index contributed by atoms with van der Waals surface area (Å²) in [6.07, 6.45) is 0.394. The highest BCUT2D eigenvalue weighted by Gasteiger charge is 2.36. The van der Waals surface area contributed by atoms with E-state index in [0.717, 1.165) is 10.9 Å². The zero-order chi connectivity index (χ0) is 56.0. The molecule has 412 valence electrons. The van der Waals surface area contributed by atoms with E-state index in [4.69, 9.17) is 11.5 Å². The second-order valence-electron chi connectivity index (χ2n) is 18.5. The van der Waals surface area contributed by atoms with Crippen LogP contribution in [0.3, 0.4) is 0 Å². The molecular weight excluding hydrogens is 1030 g/mol. The number of carboxylic acid groups (broad SMARTS) is 1. The third kappa shape index (κ3) is 18.7. The lowest BCUT2D eigenvalue weighted by Crippen LogP contribution is -2.62. The lowest BCUT2D eigenvalue weighted by molar-refractivity contribution is -0.141. The summed E-state index contributed by atoms with van der Waals surface area (Å²) in [7, 11) is 0. The van der Waals surface area contributed by atoms with Gasteiger partial charge in [0.15, 0.2) is 0 Å². The maximum absolute atomic E-state index is 14.8. The molecule has 15 N–H and O–H groups in total. The summed E-state index contributed by atoms with van der Waals surface area (Å²) in [6, 6.07) is 19.5. The molecule has 5 rings (SSSR count). The summed E-state index contributed by atoms with van der Waals surface area (Å²) >= 11 is 8.15. The van der Waals surface area contributed by atoms with E-state index < -0.39 is 102 Å². The first-order valence-electron chi connectivity index (χ1n) is 25.0. The van der Waals surface area contributed by atoms with Gasteiger partial charge in [-0.1, -0.05) is 91.0 Å². The van der Waals surface area contributed by atoms with E-state index in [1.807, 2.05) is 18.2 Å².